The van der Waals surface area contributed by atoms with Crippen molar-refractivity contribution in [2.75, 3.05) is 11.3 Å². The Labute approximate surface area is 185 Å². The lowest BCUT2D eigenvalue weighted by Gasteiger charge is -2.09. The third-order valence-electron chi connectivity index (χ3n) is 4.67. The summed E-state index contributed by atoms with van der Waals surface area (Å²) in [5.74, 6) is 0.00844. The Hall–Kier alpha value is -3.60. The second kappa shape index (κ2) is 9.27. The van der Waals surface area contributed by atoms with Crippen molar-refractivity contribution in [3.8, 4) is 17.1 Å². The molecule has 0 atom stereocenters. The van der Waals surface area contributed by atoms with E-state index in [0.717, 1.165) is 5.56 Å². The van der Waals surface area contributed by atoms with Crippen molar-refractivity contribution >= 4 is 21.6 Å². The number of aromatic nitrogens is 4. The first-order chi connectivity index (χ1) is 15.4. The molecule has 0 radical (unpaired) electrons. The molecule has 0 aromatic carbocycles. The molecule has 3 aromatic rings. The second-order valence-corrected chi connectivity index (χ2v) is 9.13. The monoisotopic (exact) mass is 454 g/mol. The smallest absolute Gasteiger partial charge is 0.270 e. The van der Waals surface area contributed by atoms with Crippen molar-refractivity contribution in [2.24, 2.45) is 0 Å². The van der Waals surface area contributed by atoms with Gasteiger partial charge in [0.05, 0.1) is 47.9 Å². The number of anilines is 1. The quantitative estimate of drug-likeness (QED) is 0.502. The van der Waals surface area contributed by atoms with Crippen LogP contribution in [0.1, 0.15) is 35.9 Å². The average Bonchev–Trinajstić information content (AvgIpc) is 3.65. The lowest BCUT2D eigenvalue weighted by Crippen LogP contribution is -2.24. The summed E-state index contributed by atoms with van der Waals surface area (Å²) in [6.45, 7) is 2.56. The van der Waals surface area contributed by atoms with Crippen LogP contribution < -0.4 is 14.8 Å². The molecule has 3 heterocycles. The average molecular weight is 455 g/mol. The molecule has 4 rings (SSSR count). The van der Waals surface area contributed by atoms with Gasteiger partial charge in [0.15, 0.2) is 0 Å². The molecular formula is C21H22N6O4S. The van der Waals surface area contributed by atoms with Gasteiger partial charge in [0.2, 0.25) is 15.9 Å². The summed E-state index contributed by atoms with van der Waals surface area (Å²) >= 11 is 0. The summed E-state index contributed by atoms with van der Waals surface area (Å²) in [7, 11) is -3.41. The first kappa shape index (κ1) is 21.6. The molecule has 1 aliphatic carbocycles. The van der Waals surface area contributed by atoms with Crippen LogP contribution in [-0.4, -0.2) is 46.1 Å². The van der Waals surface area contributed by atoms with E-state index in [1.165, 1.54) is 18.3 Å². The predicted molar refractivity (Wildman–Crippen MR) is 117 cm³/mol. The van der Waals surface area contributed by atoms with E-state index in [2.05, 4.69) is 30.0 Å². The standard InChI is InChI=1S/C21H22N6O4S/c1-2-31-20-13-22-12-19(26-20)14-3-4-16(24-10-14)11-25-21(28)18-9-15(7-8-23-18)27-32(29,30)17-5-6-17/h3-4,7-10,12-13,17H,2,5-6,11H2,1H3,(H,23,27)(H,25,28). The van der Waals surface area contributed by atoms with Crippen LogP contribution in [0.3, 0.4) is 0 Å². The number of rotatable bonds is 9. The first-order valence-corrected chi connectivity index (χ1v) is 11.7. The molecule has 0 saturated heterocycles. The molecule has 2 N–H and O–H groups in total. The van der Waals surface area contributed by atoms with Crippen molar-refractivity contribution in [1.29, 1.82) is 0 Å². The van der Waals surface area contributed by atoms with Crippen molar-refractivity contribution in [2.45, 2.75) is 31.6 Å². The summed E-state index contributed by atoms with van der Waals surface area (Å²) in [5, 5.41) is 2.38. The number of sulfonamides is 1. The van der Waals surface area contributed by atoms with E-state index in [1.54, 1.807) is 24.7 Å². The zero-order chi connectivity index (χ0) is 22.6. The molecule has 1 fully saturated rings. The van der Waals surface area contributed by atoms with Gasteiger partial charge in [-0.15, -0.1) is 0 Å². The summed E-state index contributed by atoms with van der Waals surface area (Å²) in [6, 6.07) is 6.54. The van der Waals surface area contributed by atoms with E-state index in [0.29, 0.717) is 42.4 Å². The van der Waals surface area contributed by atoms with Gasteiger partial charge in [-0.05, 0) is 44.0 Å². The third-order valence-corrected chi connectivity index (χ3v) is 6.54. The molecule has 1 amide bonds. The molecule has 0 aliphatic heterocycles. The van der Waals surface area contributed by atoms with Gasteiger partial charge in [-0.25, -0.2) is 13.4 Å². The van der Waals surface area contributed by atoms with Gasteiger partial charge in [0, 0.05) is 18.0 Å². The minimum absolute atomic E-state index is 0.112. The number of nitrogens with zero attached hydrogens (tertiary/aromatic N) is 4. The van der Waals surface area contributed by atoms with Crippen LogP contribution in [0.2, 0.25) is 0 Å². The van der Waals surface area contributed by atoms with Crippen LogP contribution in [0.25, 0.3) is 11.3 Å². The lowest BCUT2D eigenvalue weighted by molar-refractivity contribution is 0.0945. The van der Waals surface area contributed by atoms with Crippen molar-refractivity contribution in [3.63, 3.8) is 0 Å². The van der Waals surface area contributed by atoms with Gasteiger partial charge < -0.3 is 10.1 Å². The Kier molecular flexibility index (Phi) is 6.26. The van der Waals surface area contributed by atoms with Crippen LogP contribution in [0, 0.1) is 0 Å². The largest absolute Gasteiger partial charge is 0.477 e. The van der Waals surface area contributed by atoms with E-state index in [4.69, 9.17) is 4.74 Å². The Morgan fingerprint density at radius 1 is 1.16 bits per heavy atom. The maximum atomic E-state index is 12.5. The number of nitrogens with one attached hydrogen (secondary N) is 2. The van der Waals surface area contributed by atoms with Crippen LogP contribution >= 0.6 is 0 Å². The highest BCUT2D eigenvalue weighted by Crippen LogP contribution is 2.29. The van der Waals surface area contributed by atoms with Gasteiger partial charge in [0.25, 0.3) is 5.91 Å². The summed E-state index contributed by atoms with van der Waals surface area (Å²) in [6.07, 6.45) is 7.52. The van der Waals surface area contributed by atoms with Gasteiger partial charge in [-0.2, -0.15) is 0 Å². The fraction of sp³-hybridized carbons (Fsp3) is 0.286. The van der Waals surface area contributed by atoms with Crippen molar-refractivity contribution < 1.29 is 17.9 Å². The number of hydrogen-bond acceptors (Lipinski definition) is 8. The molecule has 3 aromatic heterocycles. The molecule has 0 spiro atoms. The highest BCUT2D eigenvalue weighted by atomic mass is 32.2. The molecule has 0 bridgehead atoms. The van der Waals surface area contributed by atoms with Gasteiger partial charge in [0.1, 0.15) is 5.69 Å². The molecule has 10 nitrogen and oxygen atoms in total. The van der Waals surface area contributed by atoms with E-state index >= 15 is 0 Å². The SMILES string of the molecule is CCOc1cncc(-c2ccc(CNC(=O)c3cc(NS(=O)(=O)C4CC4)ccn3)nc2)n1. The van der Waals surface area contributed by atoms with Crippen LogP contribution in [0.5, 0.6) is 5.88 Å². The summed E-state index contributed by atoms with van der Waals surface area (Å²) in [4.78, 5) is 29.3. The first-order valence-electron chi connectivity index (χ1n) is 10.1. The molecule has 166 valence electrons. The fourth-order valence-electron chi connectivity index (χ4n) is 2.89. The predicted octanol–water partition coefficient (Wildman–Crippen LogP) is 2.17. The number of ether oxygens (including phenoxy) is 1. The second-order valence-electron chi connectivity index (χ2n) is 7.17. The highest BCUT2D eigenvalue weighted by molar-refractivity contribution is 7.93. The number of hydrogen-bond donors (Lipinski definition) is 2. The Morgan fingerprint density at radius 2 is 2.00 bits per heavy atom. The molecule has 1 aliphatic rings. The summed E-state index contributed by atoms with van der Waals surface area (Å²) in [5.41, 5.74) is 2.47. The van der Waals surface area contributed by atoms with E-state index in [9.17, 15) is 13.2 Å². The number of carbonyl (C=O) groups is 1. The summed E-state index contributed by atoms with van der Waals surface area (Å²) < 4.78 is 32.0. The number of amides is 1. The van der Waals surface area contributed by atoms with E-state index in [1.807, 2.05) is 13.0 Å². The normalized spacial score (nSPS) is 13.4. The maximum Gasteiger partial charge on any atom is 0.270 e. The Bertz CT molecular complexity index is 1210. The van der Waals surface area contributed by atoms with E-state index in [-0.39, 0.29) is 17.5 Å². The molecule has 11 heteroatoms. The fourth-order valence-corrected chi connectivity index (χ4v) is 4.27. The van der Waals surface area contributed by atoms with Gasteiger partial charge in [-0.1, -0.05) is 0 Å². The minimum atomic E-state index is -3.41. The maximum absolute atomic E-state index is 12.5. The number of carbonyl (C=O) groups excluding carboxylic acids is 1. The Balaban J connectivity index is 1.37. The molecule has 1 saturated carbocycles. The van der Waals surface area contributed by atoms with Crippen LogP contribution in [0.15, 0.2) is 49.1 Å². The van der Waals surface area contributed by atoms with Crippen molar-refractivity contribution in [3.05, 3.63) is 60.4 Å². The van der Waals surface area contributed by atoms with E-state index < -0.39 is 15.9 Å². The van der Waals surface area contributed by atoms with Gasteiger partial charge >= 0.3 is 0 Å². The van der Waals surface area contributed by atoms with Crippen LogP contribution in [0.4, 0.5) is 5.69 Å². The zero-order valence-electron chi connectivity index (χ0n) is 17.4. The number of pyridine rings is 2. The Morgan fingerprint density at radius 3 is 2.72 bits per heavy atom. The third kappa shape index (κ3) is 5.35. The minimum Gasteiger partial charge on any atom is -0.477 e. The highest BCUT2D eigenvalue weighted by Gasteiger charge is 2.35. The topological polar surface area (TPSA) is 136 Å². The zero-order valence-corrected chi connectivity index (χ0v) is 18.2. The lowest BCUT2D eigenvalue weighted by atomic mass is 10.2. The van der Waals surface area contributed by atoms with Crippen molar-refractivity contribution in [1.82, 2.24) is 25.3 Å². The molecular weight excluding hydrogens is 432 g/mol. The van der Waals surface area contributed by atoms with Gasteiger partial charge in [-0.3, -0.25) is 24.5 Å². The molecule has 0 unspecified atom stereocenters. The van der Waals surface area contributed by atoms with Crippen LogP contribution in [-0.2, 0) is 16.6 Å². The molecule has 32 heavy (non-hydrogen) atoms.